The van der Waals surface area contributed by atoms with Gasteiger partial charge in [0.2, 0.25) is 0 Å². The van der Waals surface area contributed by atoms with Gasteiger partial charge in [0.25, 0.3) is 5.69 Å². The minimum absolute atomic E-state index is 0.00304. The van der Waals surface area contributed by atoms with Gasteiger partial charge in [-0.25, -0.2) is 0 Å². The van der Waals surface area contributed by atoms with Crippen molar-refractivity contribution in [3.63, 3.8) is 0 Å². The van der Waals surface area contributed by atoms with Gasteiger partial charge < -0.3 is 4.74 Å². The molecule has 0 atom stereocenters. The van der Waals surface area contributed by atoms with Crippen LogP contribution in [0.2, 0.25) is 0 Å². The minimum Gasteiger partial charge on any atom is -0.465 e. The maximum absolute atomic E-state index is 10.3. The SMILES string of the molecule is O=CC=COc1ccc([N+](=O)[O-])cc1. The number of rotatable bonds is 4. The number of nitro groups is 1. The molecule has 0 heterocycles. The molecule has 0 aromatic heterocycles. The average molecular weight is 193 g/mol. The van der Waals surface area contributed by atoms with Crippen molar-refractivity contribution in [3.8, 4) is 5.75 Å². The lowest BCUT2D eigenvalue weighted by molar-refractivity contribution is -0.384. The van der Waals surface area contributed by atoms with Crippen molar-refractivity contribution in [3.05, 3.63) is 46.7 Å². The smallest absolute Gasteiger partial charge is 0.269 e. The highest BCUT2D eigenvalue weighted by Crippen LogP contribution is 2.17. The average Bonchev–Trinajstić information content (AvgIpc) is 2.19. The summed E-state index contributed by atoms with van der Waals surface area (Å²) in [7, 11) is 0. The van der Waals surface area contributed by atoms with E-state index in [1.807, 2.05) is 0 Å². The fourth-order valence-corrected chi connectivity index (χ4v) is 0.796. The van der Waals surface area contributed by atoms with E-state index in [2.05, 4.69) is 0 Å². The largest absolute Gasteiger partial charge is 0.465 e. The van der Waals surface area contributed by atoms with Crippen LogP contribution in [0.5, 0.6) is 5.75 Å². The molecule has 0 aliphatic rings. The lowest BCUT2D eigenvalue weighted by Crippen LogP contribution is -1.87. The molecule has 0 radical (unpaired) electrons. The van der Waals surface area contributed by atoms with E-state index in [1.165, 1.54) is 36.6 Å². The van der Waals surface area contributed by atoms with Gasteiger partial charge in [-0.15, -0.1) is 0 Å². The molecule has 0 amide bonds. The number of aldehydes is 1. The van der Waals surface area contributed by atoms with Crippen LogP contribution in [0.3, 0.4) is 0 Å². The van der Waals surface area contributed by atoms with Crippen molar-refractivity contribution in [1.82, 2.24) is 0 Å². The van der Waals surface area contributed by atoms with Crippen LogP contribution in [-0.2, 0) is 4.79 Å². The van der Waals surface area contributed by atoms with E-state index < -0.39 is 4.92 Å². The van der Waals surface area contributed by atoms with Crippen LogP contribution in [0, 0.1) is 10.1 Å². The molecular formula is C9H7NO4. The Kier molecular flexibility index (Phi) is 3.37. The van der Waals surface area contributed by atoms with Gasteiger partial charge in [-0.1, -0.05) is 0 Å². The van der Waals surface area contributed by atoms with Crippen molar-refractivity contribution in [2.75, 3.05) is 0 Å². The van der Waals surface area contributed by atoms with Gasteiger partial charge in [0.1, 0.15) is 12.0 Å². The summed E-state index contributed by atoms with van der Waals surface area (Å²) in [6.07, 6.45) is 2.96. The Bertz CT molecular complexity index is 356. The number of benzene rings is 1. The van der Waals surface area contributed by atoms with Gasteiger partial charge in [0.15, 0.2) is 0 Å². The molecule has 1 aromatic rings. The van der Waals surface area contributed by atoms with Crippen LogP contribution in [0.4, 0.5) is 5.69 Å². The van der Waals surface area contributed by atoms with Gasteiger partial charge in [0, 0.05) is 18.2 Å². The first kappa shape index (κ1) is 9.91. The van der Waals surface area contributed by atoms with Crippen LogP contribution < -0.4 is 4.74 Å². The van der Waals surface area contributed by atoms with Crippen molar-refractivity contribution in [1.29, 1.82) is 0 Å². The minimum atomic E-state index is -0.495. The monoisotopic (exact) mass is 193 g/mol. The number of nitrogens with zero attached hydrogens (tertiary/aromatic N) is 1. The quantitative estimate of drug-likeness (QED) is 0.240. The predicted octanol–water partition coefficient (Wildman–Crippen LogP) is 1.69. The molecule has 72 valence electrons. The first-order valence-electron chi connectivity index (χ1n) is 3.75. The number of allylic oxidation sites excluding steroid dienone is 1. The highest BCUT2D eigenvalue weighted by molar-refractivity contribution is 5.64. The van der Waals surface area contributed by atoms with E-state index in [0.717, 1.165) is 0 Å². The molecule has 0 spiro atoms. The second-order valence-electron chi connectivity index (χ2n) is 2.33. The molecule has 1 aromatic carbocycles. The highest BCUT2D eigenvalue weighted by atomic mass is 16.6. The maximum atomic E-state index is 10.3. The van der Waals surface area contributed by atoms with Crippen molar-refractivity contribution in [2.24, 2.45) is 0 Å². The van der Waals surface area contributed by atoms with Crippen LogP contribution >= 0.6 is 0 Å². The van der Waals surface area contributed by atoms with E-state index in [1.54, 1.807) is 0 Å². The van der Waals surface area contributed by atoms with E-state index in [0.29, 0.717) is 12.0 Å². The Labute approximate surface area is 79.8 Å². The summed E-state index contributed by atoms with van der Waals surface area (Å²) in [5.74, 6) is 0.439. The molecular weight excluding hydrogens is 186 g/mol. The van der Waals surface area contributed by atoms with Gasteiger partial charge in [-0.2, -0.15) is 0 Å². The number of hydrogen-bond donors (Lipinski definition) is 0. The summed E-state index contributed by atoms with van der Waals surface area (Å²) >= 11 is 0. The van der Waals surface area contributed by atoms with Crippen molar-refractivity contribution in [2.45, 2.75) is 0 Å². The Morgan fingerprint density at radius 3 is 2.43 bits per heavy atom. The molecule has 0 saturated carbocycles. The number of hydrogen-bond acceptors (Lipinski definition) is 4. The molecule has 0 fully saturated rings. The molecule has 1 rings (SSSR count). The van der Waals surface area contributed by atoms with Crippen molar-refractivity contribution < 1.29 is 14.5 Å². The third-order valence-corrected chi connectivity index (χ3v) is 1.41. The zero-order chi connectivity index (χ0) is 10.4. The summed E-state index contributed by atoms with van der Waals surface area (Å²) in [5, 5.41) is 10.3. The fourth-order valence-electron chi connectivity index (χ4n) is 0.796. The molecule has 14 heavy (non-hydrogen) atoms. The summed E-state index contributed by atoms with van der Waals surface area (Å²) in [6, 6.07) is 5.55. The molecule has 0 aliphatic carbocycles. The Morgan fingerprint density at radius 1 is 1.29 bits per heavy atom. The molecule has 5 nitrogen and oxygen atoms in total. The Hall–Kier alpha value is -2.17. The van der Waals surface area contributed by atoms with E-state index in [9.17, 15) is 14.9 Å². The van der Waals surface area contributed by atoms with Crippen LogP contribution in [0.1, 0.15) is 0 Å². The second-order valence-corrected chi connectivity index (χ2v) is 2.33. The zero-order valence-corrected chi connectivity index (χ0v) is 7.12. The number of nitro benzene ring substituents is 1. The van der Waals surface area contributed by atoms with Crippen LogP contribution in [0.25, 0.3) is 0 Å². The molecule has 5 heteroatoms. The maximum Gasteiger partial charge on any atom is 0.269 e. The number of carbonyl (C=O) groups excluding carboxylic acids is 1. The third kappa shape index (κ3) is 2.71. The highest BCUT2D eigenvalue weighted by Gasteiger charge is 2.03. The summed E-state index contributed by atoms with van der Waals surface area (Å²) in [6.45, 7) is 0. The van der Waals surface area contributed by atoms with Gasteiger partial charge in [-0.3, -0.25) is 14.9 Å². The first-order chi connectivity index (χ1) is 6.74. The van der Waals surface area contributed by atoms with E-state index in [-0.39, 0.29) is 5.69 Å². The van der Waals surface area contributed by atoms with E-state index in [4.69, 9.17) is 4.74 Å². The van der Waals surface area contributed by atoms with Gasteiger partial charge in [0.05, 0.1) is 11.2 Å². The topological polar surface area (TPSA) is 69.4 Å². The number of non-ortho nitro benzene ring substituents is 1. The van der Waals surface area contributed by atoms with Crippen molar-refractivity contribution >= 4 is 12.0 Å². The normalized spacial score (nSPS) is 10.0. The molecule has 0 saturated heterocycles. The molecule has 0 N–H and O–H groups in total. The lowest BCUT2D eigenvalue weighted by atomic mass is 10.3. The summed E-state index contributed by atoms with van der Waals surface area (Å²) < 4.78 is 4.95. The fraction of sp³-hybridized carbons (Fsp3) is 0. The van der Waals surface area contributed by atoms with Gasteiger partial charge >= 0.3 is 0 Å². The second kappa shape index (κ2) is 4.76. The standard InChI is InChI=1S/C9H7NO4/c11-6-1-7-14-9-4-2-8(3-5-9)10(12)13/h1-7H. The molecule has 0 bridgehead atoms. The summed E-state index contributed by atoms with van der Waals surface area (Å²) in [4.78, 5) is 19.7. The number of carbonyl (C=O) groups is 1. The van der Waals surface area contributed by atoms with Crippen LogP contribution in [-0.4, -0.2) is 11.2 Å². The predicted molar refractivity (Wildman–Crippen MR) is 48.9 cm³/mol. The molecule has 0 unspecified atom stereocenters. The third-order valence-electron chi connectivity index (χ3n) is 1.41. The molecule has 0 aliphatic heterocycles. The van der Waals surface area contributed by atoms with Gasteiger partial charge in [-0.05, 0) is 12.1 Å². The summed E-state index contributed by atoms with van der Waals surface area (Å²) in [5.41, 5.74) is -0.00304. The Morgan fingerprint density at radius 2 is 1.93 bits per heavy atom. The first-order valence-corrected chi connectivity index (χ1v) is 3.75. The lowest BCUT2D eigenvalue weighted by Gasteiger charge is -1.97. The number of ether oxygens (including phenoxy) is 1. The van der Waals surface area contributed by atoms with Crippen LogP contribution in [0.15, 0.2) is 36.6 Å². The van der Waals surface area contributed by atoms with E-state index >= 15 is 0 Å². The zero-order valence-electron chi connectivity index (χ0n) is 7.12. The Balaban J connectivity index is 2.68.